The maximum absolute atomic E-state index is 10.9. The third kappa shape index (κ3) is 1.83. The van der Waals surface area contributed by atoms with Crippen LogP contribution in [0.15, 0.2) is 60.7 Å². The van der Waals surface area contributed by atoms with Gasteiger partial charge in [-0.2, -0.15) is 0 Å². The highest BCUT2D eigenvalue weighted by molar-refractivity contribution is 6.34. The molecule has 5 aromatic rings. The van der Waals surface area contributed by atoms with E-state index < -0.39 is 24.4 Å². The summed E-state index contributed by atoms with van der Waals surface area (Å²) in [6.45, 7) is 0. The van der Waals surface area contributed by atoms with Gasteiger partial charge in [-0.25, -0.2) is 0 Å². The number of aliphatic hydroxyl groups is 4. The van der Waals surface area contributed by atoms with Crippen molar-refractivity contribution in [1.82, 2.24) is 0 Å². The third-order valence-corrected chi connectivity index (χ3v) is 6.32. The molecule has 0 aliphatic heterocycles. The number of benzene rings is 5. The van der Waals surface area contributed by atoms with E-state index in [-0.39, 0.29) is 0 Å². The first-order valence-electron chi connectivity index (χ1n) is 9.42. The molecule has 0 saturated carbocycles. The molecular weight excluding hydrogens is 352 g/mol. The summed E-state index contributed by atoms with van der Waals surface area (Å²) in [5, 5.41) is 50.3. The van der Waals surface area contributed by atoms with Crippen molar-refractivity contribution < 1.29 is 20.4 Å². The van der Waals surface area contributed by atoms with Crippen molar-refractivity contribution in [3.05, 3.63) is 71.8 Å². The van der Waals surface area contributed by atoms with Crippen LogP contribution in [-0.4, -0.2) is 32.6 Å². The maximum atomic E-state index is 10.9. The molecule has 138 valence electrons. The van der Waals surface area contributed by atoms with Gasteiger partial charge in [-0.1, -0.05) is 54.6 Å². The van der Waals surface area contributed by atoms with Gasteiger partial charge in [0.05, 0.1) is 0 Å². The Labute approximate surface area is 160 Å². The van der Waals surface area contributed by atoms with Crippen molar-refractivity contribution in [3.8, 4) is 0 Å². The summed E-state index contributed by atoms with van der Waals surface area (Å²) in [6.07, 6.45) is -5.41. The van der Waals surface area contributed by atoms with Crippen LogP contribution in [-0.2, 0) is 0 Å². The quantitative estimate of drug-likeness (QED) is 0.248. The lowest BCUT2D eigenvalue weighted by Gasteiger charge is -2.36. The predicted molar refractivity (Wildman–Crippen MR) is 110 cm³/mol. The van der Waals surface area contributed by atoms with Crippen LogP contribution in [0.1, 0.15) is 23.3 Å². The number of hydrogen-bond acceptors (Lipinski definition) is 4. The molecule has 0 radical (unpaired) electrons. The zero-order valence-corrected chi connectivity index (χ0v) is 14.9. The van der Waals surface area contributed by atoms with Gasteiger partial charge in [0.1, 0.15) is 24.4 Å². The maximum Gasteiger partial charge on any atom is 0.113 e. The molecule has 4 atom stereocenters. The van der Waals surface area contributed by atoms with Crippen LogP contribution in [0.3, 0.4) is 0 Å². The minimum absolute atomic E-state index is 0.473. The lowest BCUT2D eigenvalue weighted by molar-refractivity contribution is -0.119. The molecule has 0 saturated heterocycles. The van der Waals surface area contributed by atoms with Crippen LogP contribution in [0.4, 0.5) is 0 Å². The molecular formula is C24H18O4. The van der Waals surface area contributed by atoms with Gasteiger partial charge in [-0.05, 0) is 60.3 Å². The second-order valence-corrected chi connectivity index (χ2v) is 7.74. The van der Waals surface area contributed by atoms with Gasteiger partial charge in [0.2, 0.25) is 0 Å². The van der Waals surface area contributed by atoms with Crippen molar-refractivity contribution in [2.75, 3.05) is 0 Å². The van der Waals surface area contributed by atoms with E-state index >= 15 is 0 Å². The van der Waals surface area contributed by atoms with Crippen molar-refractivity contribution in [2.24, 2.45) is 0 Å². The van der Waals surface area contributed by atoms with Gasteiger partial charge in [0, 0.05) is 0 Å². The van der Waals surface area contributed by atoms with Crippen molar-refractivity contribution in [2.45, 2.75) is 24.4 Å². The minimum Gasteiger partial charge on any atom is -0.387 e. The minimum atomic E-state index is -1.44. The summed E-state index contributed by atoms with van der Waals surface area (Å²) in [7, 11) is 0. The second kappa shape index (κ2) is 5.40. The highest BCUT2D eigenvalue weighted by Crippen LogP contribution is 2.48. The van der Waals surface area contributed by atoms with Gasteiger partial charge < -0.3 is 20.4 Å². The highest BCUT2D eigenvalue weighted by atomic mass is 16.4. The predicted octanol–water partition coefficient (Wildman–Crippen LogP) is 3.54. The van der Waals surface area contributed by atoms with Gasteiger partial charge in [-0.15, -0.1) is 0 Å². The van der Waals surface area contributed by atoms with Crippen molar-refractivity contribution in [3.63, 3.8) is 0 Å². The zero-order chi connectivity index (χ0) is 19.2. The molecule has 0 spiro atoms. The normalized spacial score (nSPS) is 25.1. The van der Waals surface area contributed by atoms with Gasteiger partial charge in [-0.3, -0.25) is 0 Å². The van der Waals surface area contributed by atoms with Gasteiger partial charge >= 0.3 is 0 Å². The Morgan fingerprint density at radius 2 is 1.18 bits per heavy atom. The van der Waals surface area contributed by atoms with Crippen molar-refractivity contribution in [1.29, 1.82) is 0 Å². The Balaban J connectivity index is 1.97. The first-order chi connectivity index (χ1) is 13.6. The second-order valence-electron chi connectivity index (χ2n) is 7.74. The average molecular weight is 370 g/mol. The highest BCUT2D eigenvalue weighted by Gasteiger charge is 2.41. The summed E-state index contributed by atoms with van der Waals surface area (Å²) in [5.41, 5.74) is 0.980. The molecule has 4 N–H and O–H groups in total. The first-order valence-corrected chi connectivity index (χ1v) is 9.42. The first kappa shape index (κ1) is 16.2. The van der Waals surface area contributed by atoms with E-state index in [2.05, 4.69) is 24.3 Å². The fourth-order valence-electron chi connectivity index (χ4n) is 5.04. The molecule has 0 heterocycles. The lowest BCUT2D eigenvalue weighted by Crippen LogP contribution is -2.41. The molecule has 1 aliphatic carbocycles. The molecule has 0 amide bonds. The fraction of sp³-hybridized carbons (Fsp3) is 0.167. The van der Waals surface area contributed by atoms with Crippen LogP contribution in [0, 0.1) is 0 Å². The van der Waals surface area contributed by atoms with Crippen LogP contribution < -0.4 is 0 Å². The molecule has 0 unspecified atom stereocenters. The number of aliphatic hydroxyl groups excluding tert-OH is 4. The molecule has 28 heavy (non-hydrogen) atoms. The Kier molecular flexibility index (Phi) is 3.13. The molecule has 0 aromatic heterocycles. The summed E-state index contributed by atoms with van der Waals surface area (Å²) in [5.74, 6) is 0. The van der Waals surface area contributed by atoms with E-state index in [4.69, 9.17) is 0 Å². The van der Waals surface area contributed by atoms with Crippen LogP contribution >= 0.6 is 0 Å². The van der Waals surface area contributed by atoms with Gasteiger partial charge in [0.25, 0.3) is 0 Å². The monoisotopic (exact) mass is 370 g/mol. The standard InChI is InChI=1S/C24H18O4/c25-21-16-10-12-9-8-11-4-3-7-14-13-5-1-2-6-15(13)19(18(12)17(11)14)20(16)22(26)24(28)23(21)27/h1-10,21-28H/t21-,22+,23+,24+/m0/s1. The topological polar surface area (TPSA) is 80.9 Å². The third-order valence-electron chi connectivity index (χ3n) is 6.32. The molecule has 0 fully saturated rings. The van der Waals surface area contributed by atoms with E-state index in [1.54, 1.807) is 0 Å². The summed E-state index contributed by atoms with van der Waals surface area (Å²) in [4.78, 5) is 0. The molecule has 0 bridgehead atoms. The largest absolute Gasteiger partial charge is 0.387 e. The van der Waals surface area contributed by atoms with E-state index in [9.17, 15) is 20.4 Å². The average Bonchev–Trinajstić information content (AvgIpc) is 2.74. The molecule has 5 aromatic carbocycles. The molecule has 4 heteroatoms. The summed E-state index contributed by atoms with van der Waals surface area (Å²) in [6, 6.07) is 20.1. The number of hydrogen-bond donors (Lipinski definition) is 4. The summed E-state index contributed by atoms with van der Waals surface area (Å²) < 4.78 is 0. The Hall–Kier alpha value is -2.76. The Morgan fingerprint density at radius 3 is 2.00 bits per heavy atom. The number of fused-ring (bicyclic) bond motifs is 5. The van der Waals surface area contributed by atoms with E-state index in [1.165, 1.54) is 0 Å². The smallest absolute Gasteiger partial charge is 0.113 e. The van der Waals surface area contributed by atoms with Crippen LogP contribution in [0.2, 0.25) is 0 Å². The molecule has 1 aliphatic rings. The Morgan fingerprint density at radius 1 is 0.536 bits per heavy atom. The van der Waals surface area contributed by atoms with E-state index in [1.807, 2.05) is 36.4 Å². The number of rotatable bonds is 0. The Bertz CT molecular complexity index is 1390. The molecule has 6 rings (SSSR count). The van der Waals surface area contributed by atoms with Gasteiger partial charge in [0.15, 0.2) is 0 Å². The van der Waals surface area contributed by atoms with Crippen molar-refractivity contribution >= 4 is 43.1 Å². The van der Waals surface area contributed by atoms with Crippen LogP contribution in [0.5, 0.6) is 0 Å². The lowest BCUT2D eigenvalue weighted by atomic mass is 9.77. The summed E-state index contributed by atoms with van der Waals surface area (Å²) >= 11 is 0. The van der Waals surface area contributed by atoms with E-state index in [0.29, 0.717) is 11.1 Å². The molecule has 4 nitrogen and oxygen atoms in total. The SMILES string of the molecule is O[C@H]1[C@H](O)[C@@H](O)c2cc3ccc4cccc5c6ccccc6c(c2[C@H]1O)c3c45. The van der Waals surface area contributed by atoms with E-state index in [0.717, 1.165) is 43.1 Å². The zero-order valence-electron chi connectivity index (χ0n) is 14.9. The van der Waals surface area contributed by atoms with Crippen LogP contribution in [0.25, 0.3) is 43.1 Å². The fourth-order valence-corrected chi connectivity index (χ4v) is 5.04.